The fourth-order valence-electron chi connectivity index (χ4n) is 4.35. The van der Waals surface area contributed by atoms with Gasteiger partial charge in [0.1, 0.15) is 11.6 Å². The molecule has 4 nitrogen and oxygen atoms in total. The van der Waals surface area contributed by atoms with Crippen molar-refractivity contribution in [3.63, 3.8) is 0 Å². The summed E-state index contributed by atoms with van der Waals surface area (Å²) < 4.78 is 13.5. The Morgan fingerprint density at radius 1 is 1.03 bits per heavy atom. The summed E-state index contributed by atoms with van der Waals surface area (Å²) in [4.78, 5) is 27.6. The highest BCUT2D eigenvalue weighted by Gasteiger charge is 2.48. The van der Waals surface area contributed by atoms with Gasteiger partial charge in [0.15, 0.2) is 0 Å². The van der Waals surface area contributed by atoms with E-state index in [1.807, 2.05) is 0 Å². The second kappa shape index (κ2) is 7.99. The molecule has 1 heterocycles. The van der Waals surface area contributed by atoms with Gasteiger partial charge in [0.2, 0.25) is 0 Å². The third-order valence-electron chi connectivity index (χ3n) is 5.73. The lowest BCUT2D eigenvalue weighted by molar-refractivity contribution is -0.141. The first kappa shape index (κ1) is 19.6. The number of carbonyl (C=O) groups is 2. The highest BCUT2D eigenvalue weighted by molar-refractivity contribution is 6.46. The number of aliphatic hydroxyl groups is 1. The van der Waals surface area contributed by atoms with E-state index in [0.717, 1.165) is 32.1 Å². The molecule has 1 aliphatic heterocycles. The zero-order valence-electron chi connectivity index (χ0n) is 15.8. The van der Waals surface area contributed by atoms with Gasteiger partial charge in [0, 0.05) is 16.6 Å². The molecule has 2 aliphatic rings. The van der Waals surface area contributed by atoms with E-state index in [1.54, 1.807) is 41.3 Å². The van der Waals surface area contributed by atoms with Crippen LogP contribution >= 0.6 is 11.6 Å². The van der Waals surface area contributed by atoms with E-state index < -0.39 is 23.5 Å². The summed E-state index contributed by atoms with van der Waals surface area (Å²) in [6.45, 7) is 0. The van der Waals surface area contributed by atoms with Crippen molar-refractivity contribution in [3.8, 4) is 0 Å². The van der Waals surface area contributed by atoms with Crippen LogP contribution in [0.15, 0.2) is 54.1 Å². The molecule has 1 saturated carbocycles. The Hall–Kier alpha value is -2.66. The number of hydrogen-bond donors (Lipinski definition) is 1. The Balaban J connectivity index is 1.87. The van der Waals surface area contributed by atoms with Gasteiger partial charge >= 0.3 is 0 Å². The fourth-order valence-corrected chi connectivity index (χ4v) is 4.54. The Morgan fingerprint density at radius 3 is 2.38 bits per heavy atom. The second-order valence-corrected chi connectivity index (χ2v) is 8.00. The smallest absolute Gasteiger partial charge is 0.295 e. The van der Waals surface area contributed by atoms with Crippen LogP contribution in [0.2, 0.25) is 5.02 Å². The van der Waals surface area contributed by atoms with Gasteiger partial charge in [-0.25, -0.2) is 4.39 Å². The molecule has 0 spiro atoms. The van der Waals surface area contributed by atoms with Crippen molar-refractivity contribution in [3.05, 3.63) is 76.1 Å². The molecule has 1 saturated heterocycles. The van der Waals surface area contributed by atoms with Crippen LogP contribution in [0, 0.1) is 5.82 Å². The molecule has 0 bridgehead atoms. The molecule has 1 N–H and O–H groups in total. The van der Waals surface area contributed by atoms with Gasteiger partial charge in [-0.2, -0.15) is 0 Å². The number of rotatable bonds is 3. The Bertz CT molecular complexity index is 980. The number of ketones is 1. The molecule has 2 aromatic carbocycles. The van der Waals surface area contributed by atoms with Gasteiger partial charge in [-0.3, -0.25) is 9.59 Å². The lowest BCUT2D eigenvalue weighted by Gasteiger charge is -2.35. The van der Waals surface area contributed by atoms with Crippen molar-refractivity contribution in [1.82, 2.24) is 4.90 Å². The van der Waals surface area contributed by atoms with Crippen molar-refractivity contribution < 1.29 is 19.1 Å². The summed E-state index contributed by atoms with van der Waals surface area (Å²) in [6.07, 6.45) is 4.68. The standard InChI is InChI=1S/C23H21ClFNO3/c24-16-6-4-5-15(13-16)21(27)19-20(14-9-11-17(25)12-10-14)26(23(29)22(19)28)18-7-2-1-3-8-18/h4-6,9-13,18,20,27H,1-3,7-8H2/b21-19-. The average molecular weight is 414 g/mol. The molecule has 1 atom stereocenters. The molecule has 1 aliphatic carbocycles. The lowest BCUT2D eigenvalue weighted by atomic mass is 9.91. The SMILES string of the molecule is O=C1C(=O)N(C2CCCCC2)C(c2ccc(F)cc2)/C1=C(/O)c1cccc(Cl)c1. The van der Waals surface area contributed by atoms with E-state index in [0.29, 0.717) is 16.1 Å². The second-order valence-electron chi connectivity index (χ2n) is 7.56. The van der Waals surface area contributed by atoms with Gasteiger partial charge < -0.3 is 10.0 Å². The maximum absolute atomic E-state index is 13.5. The summed E-state index contributed by atoms with van der Waals surface area (Å²) in [7, 11) is 0. The van der Waals surface area contributed by atoms with E-state index >= 15 is 0 Å². The molecule has 4 rings (SSSR count). The first-order chi connectivity index (χ1) is 14.0. The summed E-state index contributed by atoms with van der Waals surface area (Å²) in [5.74, 6) is -2.01. The first-order valence-corrected chi connectivity index (χ1v) is 10.2. The zero-order chi connectivity index (χ0) is 20.5. The first-order valence-electron chi connectivity index (χ1n) is 9.79. The van der Waals surface area contributed by atoms with Crippen molar-refractivity contribution >= 4 is 29.1 Å². The molecule has 1 unspecified atom stereocenters. The zero-order valence-corrected chi connectivity index (χ0v) is 16.5. The largest absolute Gasteiger partial charge is 0.507 e. The van der Waals surface area contributed by atoms with Gasteiger partial charge in [0.05, 0.1) is 11.6 Å². The molecule has 0 radical (unpaired) electrons. The van der Waals surface area contributed by atoms with E-state index in [2.05, 4.69) is 0 Å². The lowest BCUT2D eigenvalue weighted by Crippen LogP contribution is -2.40. The van der Waals surface area contributed by atoms with Crippen molar-refractivity contribution in [2.45, 2.75) is 44.2 Å². The topological polar surface area (TPSA) is 57.6 Å². The van der Waals surface area contributed by atoms with Crippen molar-refractivity contribution in [2.75, 3.05) is 0 Å². The number of amides is 1. The number of Topliss-reactive ketones (excluding diaryl/α,β-unsaturated/α-hetero) is 1. The number of hydrogen-bond acceptors (Lipinski definition) is 3. The van der Waals surface area contributed by atoms with E-state index in [1.165, 1.54) is 12.1 Å². The minimum Gasteiger partial charge on any atom is -0.507 e. The van der Waals surface area contributed by atoms with Crippen LogP contribution in [0.1, 0.15) is 49.3 Å². The molecule has 6 heteroatoms. The molecule has 0 aromatic heterocycles. The molecule has 29 heavy (non-hydrogen) atoms. The Labute approximate surface area is 173 Å². The third kappa shape index (κ3) is 3.67. The molecule has 2 fully saturated rings. The number of benzene rings is 2. The van der Waals surface area contributed by atoms with Crippen molar-refractivity contribution in [1.29, 1.82) is 0 Å². The van der Waals surface area contributed by atoms with Crippen molar-refractivity contribution in [2.24, 2.45) is 0 Å². The minimum atomic E-state index is -0.752. The summed E-state index contributed by atoms with van der Waals surface area (Å²) in [6, 6.07) is 11.4. The van der Waals surface area contributed by atoms with E-state index in [4.69, 9.17) is 11.6 Å². The molecular formula is C23H21ClFNO3. The molecular weight excluding hydrogens is 393 g/mol. The summed E-state index contributed by atoms with van der Waals surface area (Å²) in [5.41, 5.74) is 0.987. The van der Waals surface area contributed by atoms with Crippen LogP contribution in [0.4, 0.5) is 4.39 Å². The third-order valence-corrected chi connectivity index (χ3v) is 5.97. The van der Waals surface area contributed by atoms with Crippen LogP contribution in [-0.4, -0.2) is 27.7 Å². The fraction of sp³-hybridized carbons (Fsp3) is 0.304. The van der Waals surface area contributed by atoms with E-state index in [9.17, 15) is 19.1 Å². The molecule has 150 valence electrons. The maximum Gasteiger partial charge on any atom is 0.295 e. The minimum absolute atomic E-state index is 0.0226. The summed E-state index contributed by atoms with van der Waals surface area (Å²) in [5, 5.41) is 11.4. The molecule has 1 amide bonds. The van der Waals surface area contributed by atoms with Crippen LogP contribution in [0.3, 0.4) is 0 Å². The summed E-state index contributed by atoms with van der Waals surface area (Å²) >= 11 is 6.04. The Morgan fingerprint density at radius 2 is 1.72 bits per heavy atom. The maximum atomic E-state index is 13.5. The van der Waals surface area contributed by atoms with Gasteiger partial charge in [-0.1, -0.05) is 55.1 Å². The quantitative estimate of drug-likeness (QED) is 0.425. The van der Waals surface area contributed by atoms with Crippen LogP contribution in [-0.2, 0) is 9.59 Å². The number of likely N-dealkylation sites (tertiary alicyclic amines) is 1. The predicted molar refractivity (Wildman–Crippen MR) is 109 cm³/mol. The number of halogens is 2. The Kier molecular flexibility index (Phi) is 5.41. The average Bonchev–Trinajstić information content (AvgIpc) is 2.99. The monoisotopic (exact) mass is 413 g/mol. The number of nitrogens with zero attached hydrogens (tertiary/aromatic N) is 1. The molecule has 2 aromatic rings. The van der Waals surface area contributed by atoms with Crippen LogP contribution in [0.25, 0.3) is 5.76 Å². The van der Waals surface area contributed by atoms with Crippen LogP contribution < -0.4 is 0 Å². The van der Waals surface area contributed by atoms with Gasteiger partial charge in [-0.15, -0.1) is 0 Å². The van der Waals surface area contributed by atoms with Crippen LogP contribution in [0.5, 0.6) is 0 Å². The normalized spacial score (nSPS) is 22.3. The van der Waals surface area contributed by atoms with Gasteiger partial charge in [0.25, 0.3) is 11.7 Å². The number of aliphatic hydroxyl groups excluding tert-OH is 1. The van der Waals surface area contributed by atoms with E-state index in [-0.39, 0.29) is 17.4 Å². The predicted octanol–water partition coefficient (Wildman–Crippen LogP) is 5.23. The highest BCUT2D eigenvalue weighted by atomic mass is 35.5. The van der Waals surface area contributed by atoms with Gasteiger partial charge in [-0.05, 0) is 42.7 Å². The highest BCUT2D eigenvalue weighted by Crippen LogP contribution is 2.43. The number of carbonyl (C=O) groups excluding carboxylic acids is 2.